The Morgan fingerprint density at radius 1 is 1.50 bits per heavy atom. The van der Waals surface area contributed by atoms with Gasteiger partial charge in [0.15, 0.2) is 0 Å². The topological polar surface area (TPSA) is 54.5 Å². The first-order chi connectivity index (χ1) is 8.33. The molecule has 0 spiro atoms. The number of rotatable bonds is 4. The van der Waals surface area contributed by atoms with Crippen LogP contribution in [0.15, 0.2) is 12.1 Å². The van der Waals surface area contributed by atoms with Gasteiger partial charge < -0.3 is 4.90 Å². The number of aryl methyl sites for hydroxylation is 1. The van der Waals surface area contributed by atoms with Crippen molar-refractivity contribution in [1.29, 1.82) is 0 Å². The van der Waals surface area contributed by atoms with Crippen molar-refractivity contribution in [2.24, 2.45) is 5.92 Å². The number of carbonyl (C=O) groups is 1. The summed E-state index contributed by atoms with van der Waals surface area (Å²) in [6, 6.07) is 4.01. The van der Waals surface area contributed by atoms with E-state index in [0.717, 1.165) is 4.88 Å². The number of thiophene rings is 1. The van der Waals surface area contributed by atoms with Gasteiger partial charge in [-0.1, -0.05) is 0 Å². The van der Waals surface area contributed by atoms with Crippen molar-refractivity contribution in [3.63, 3.8) is 0 Å². The summed E-state index contributed by atoms with van der Waals surface area (Å²) in [6.45, 7) is 3.06. The van der Waals surface area contributed by atoms with Gasteiger partial charge in [-0.15, -0.1) is 11.3 Å². The molecule has 1 aliphatic heterocycles. The van der Waals surface area contributed by atoms with Crippen molar-refractivity contribution in [2.45, 2.75) is 19.9 Å². The predicted octanol–water partition coefficient (Wildman–Crippen LogP) is 1.97. The molecule has 2 rings (SSSR count). The van der Waals surface area contributed by atoms with Gasteiger partial charge in [0.2, 0.25) is 15.0 Å². The zero-order valence-electron chi connectivity index (χ0n) is 9.93. The molecule has 1 unspecified atom stereocenters. The summed E-state index contributed by atoms with van der Waals surface area (Å²) in [7, 11) is 1.69. The Morgan fingerprint density at radius 2 is 2.22 bits per heavy atom. The van der Waals surface area contributed by atoms with Gasteiger partial charge in [-0.25, -0.2) is 8.42 Å². The highest BCUT2D eigenvalue weighted by Crippen LogP contribution is 2.24. The highest BCUT2D eigenvalue weighted by atomic mass is 35.7. The zero-order valence-corrected chi connectivity index (χ0v) is 12.3. The molecule has 100 valence electrons. The smallest absolute Gasteiger partial charge is 0.232 e. The van der Waals surface area contributed by atoms with E-state index in [1.807, 2.05) is 19.1 Å². The molecule has 7 heteroatoms. The molecule has 0 saturated carbocycles. The van der Waals surface area contributed by atoms with E-state index in [2.05, 4.69) is 0 Å². The van der Waals surface area contributed by atoms with Gasteiger partial charge in [0.25, 0.3) is 0 Å². The average molecular weight is 308 g/mol. The van der Waals surface area contributed by atoms with Gasteiger partial charge in [-0.2, -0.15) is 0 Å². The molecule has 18 heavy (non-hydrogen) atoms. The summed E-state index contributed by atoms with van der Waals surface area (Å²) < 4.78 is 22.0. The number of amides is 1. The van der Waals surface area contributed by atoms with Gasteiger partial charge >= 0.3 is 0 Å². The van der Waals surface area contributed by atoms with Crippen LogP contribution >= 0.6 is 22.0 Å². The second-order valence-electron chi connectivity index (χ2n) is 4.56. The molecule has 4 nitrogen and oxygen atoms in total. The van der Waals surface area contributed by atoms with Crippen LogP contribution in [-0.2, 0) is 20.4 Å². The maximum Gasteiger partial charge on any atom is 0.232 e. The lowest BCUT2D eigenvalue weighted by Crippen LogP contribution is -2.24. The third-order valence-electron chi connectivity index (χ3n) is 2.87. The number of hydrogen-bond donors (Lipinski definition) is 0. The van der Waals surface area contributed by atoms with Crippen LogP contribution in [0.4, 0.5) is 0 Å². The Morgan fingerprint density at radius 3 is 2.78 bits per heavy atom. The molecule has 0 N–H and O–H groups in total. The van der Waals surface area contributed by atoms with Crippen LogP contribution in [0.1, 0.15) is 16.2 Å². The van der Waals surface area contributed by atoms with Crippen LogP contribution in [0.25, 0.3) is 0 Å². The fourth-order valence-corrected chi connectivity index (χ4v) is 4.39. The molecule has 1 aromatic rings. The summed E-state index contributed by atoms with van der Waals surface area (Å²) in [5, 5.41) is 0. The van der Waals surface area contributed by atoms with Crippen LogP contribution in [0.3, 0.4) is 0 Å². The Kier molecular flexibility index (Phi) is 3.99. The van der Waals surface area contributed by atoms with Crippen LogP contribution in [0.2, 0.25) is 0 Å². The lowest BCUT2D eigenvalue weighted by molar-refractivity contribution is -0.128. The van der Waals surface area contributed by atoms with Gasteiger partial charge in [-0.05, 0) is 19.1 Å². The second-order valence-corrected chi connectivity index (χ2v) is 8.76. The minimum atomic E-state index is -3.53. The lowest BCUT2D eigenvalue weighted by Gasteiger charge is -2.15. The van der Waals surface area contributed by atoms with Crippen LogP contribution in [0, 0.1) is 12.8 Å². The molecule has 2 heterocycles. The van der Waals surface area contributed by atoms with Crippen molar-refractivity contribution in [3.8, 4) is 0 Å². The van der Waals surface area contributed by atoms with E-state index >= 15 is 0 Å². The van der Waals surface area contributed by atoms with Crippen molar-refractivity contribution < 1.29 is 13.2 Å². The molecule has 0 radical (unpaired) electrons. The molecule has 1 fully saturated rings. The summed E-state index contributed by atoms with van der Waals surface area (Å²) in [5.41, 5.74) is 0. The fraction of sp³-hybridized carbons (Fsp3) is 0.545. The number of likely N-dealkylation sites (tertiary alicyclic amines) is 1. The minimum absolute atomic E-state index is 0.00590. The zero-order chi connectivity index (χ0) is 13.3. The maximum atomic E-state index is 11.8. The number of hydrogen-bond acceptors (Lipinski definition) is 4. The minimum Gasteiger partial charge on any atom is -0.337 e. The Hall–Kier alpha value is -0.590. The third kappa shape index (κ3) is 3.70. The van der Waals surface area contributed by atoms with E-state index in [-0.39, 0.29) is 24.0 Å². The lowest BCUT2D eigenvalue weighted by atomic mass is 10.1. The van der Waals surface area contributed by atoms with E-state index in [1.165, 1.54) is 4.88 Å². The summed E-state index contributed by atoms with van der Waals surface area (Å²) in [5.74, 6) is -0.298. The molecular formula is C11H14ClNO3S2. The highest BCUT2D eigenvalue weighted by Gasteiger charge is 2.32. The number of halogens is 1. The molecule has 1 aliphatic rings. The van der Waals surface area contributed by atoms with Crippen LogP contribution in [-0.4, -0.2) is 31.5 Å². The molecular weight excluding hydrogens is 294 g/mol. The molecule has 1 saturated heterocycles. The second kappa shape index (κ2) is 5.19. The predicted molar refractivity (Wildman–Crippen MR) is 72.2 cm³/mol. The normalized spacial score (nSPS) is 20.7. The first kappa shape index (κ1) is 13.8. The summed E-state index contributed by atoms with van der Waals surface area (Å²) in [6.07, 6.45) is 0.274. The fourth-order valence-electron chi connectivity index (χ4n) is 2.16. The number of nitrogens with zero attached hydrogens (tertiary/aromatic N) is 1. The van der Waals surface area contributed by atoms with E-state index < -0.39 is 9.05 Å². The molecule has 0 aromatic carbocycles. The molecule has 1 atom stereocenters. The Bertz CT molecular complexity index is 552. The van der Waals surface area contributed by atoms with Gasteiger partial charge in [0.1, 0.15) is 0 Å². The number of carbonyl (C=O) groups excluding carboxylic acids is 1. The van der Waals surface area contributed by atoms with E-state index in [9.17, 15) is 13.2 Å². The van der Waals surface area contributed by atoms with Crippen molar-refractivity contribution in [2.75, 3.05) is 12.3 Å². The Labute approximate surface area is 115 Å². The van der Waals surface area contributed by atoms with Crippen molar-refractivity contribution in [1.82, 2.24) is 4.90 Å². The summed E-state index contributed by atoms with van der Waals surface area (Å²) >= 11 is 1.65. The average Bonchev–Trinajstić information content (AvgIpc) is 2.73. The third-order valence-corrected chi connectivity index (χ3v) is 5.11. The molecule has 1 aromatic heterocycles. The monoisotopic (exact) mass is 307 g/mol. The van der Waals surface area contributed by atoms with Gasteiger partial charge in [-0.3, -0.25) is 4.79 Å². The molecule has 0 bridgehead atoms. The highest BCUT2D eigenvalue weighted by molar-refractivity contribution is 8.13. The van der Waals surface area contributed by atoms with Crippen molar-refractivity contribution >= 4 is 37.0 Å². The first-order valence-corrected chi connectivity index (χ1v) is 8.88. The van der Waals surface area contributed by atoms with Gasteiger partial charge in [0.05, 0.1) is 12.3 Å². The first-order valence-electron chi connectivity index (χ1n) is 5.59. The van der Waals surface area contributed by atoms with E-state index in [1.54, 1.807) is 16.2 Å². The van der Waals surface area contributed by atoms with Gasteiger partial charge in [0, 0.05) is 39.3 Å². The summed E-state index contributed by atoms with van der Waals surface area (Å²) in [4.78, 5) is 15.8. The molecule has 1 amide bonds. The van der Waals surface area contributed by atoms with Crippen molar-refractivity contribution in [3.05, 3.63) is 21.9 Å². The van der Waals surface area contributed by atoms with Crippen LogP contribution < -0.4 is 0 Å². The quantitative estimate of drug-likeness (QED) is 0.799. The molecule has 0 aliphatic carbocycles. The van der Waals surface area contributed by atoms with E-state index in [4.69, 9.17) is 10.7 Å². The van der Waals surface area contributed by atoms with Crippen LogP contribution in [0.5, 0.6) is 0 Å². The Balaban J connectivity index is 1.97. The standard InChI is InChI=1S/C11H14ClNO3S2/c1-8-2-3-10(17-8)6-13-5-9(4-11(13)14)7-18(12,15)16/h2-3,9H,4-7H2,1H3. The largest absolute Gasteiger partial charge is 0.337 e. The maximum absolute atomic E-state index is 11.8. The van der Waals surface area contributed by atoms with E-state index in [0.29, 0.717) is 13.1 Å². The SMILES string of the molecule is Cc1ccc(CN2CC(CS(=O)(=O)Cl)CC2=O)s1.